The van der Waals surface area contributed by atoms with Gasteiger partial charge in [0.15, 0.2) is 5.78 Å². The summed E-state index contributed by atoms with van der Waals surface area (Å²) in [5.74, 6) is 0.423. The molecule has 3 aromatic rings. The first-order valence-corrected chi connectivity index (χ1v) is 7.01. The summed E-state index contributed by atoms with van der Waals surface area (Å²) in [5.41, 5.74) is 2.09. The predicted octanol–water partition coefficient (Wildman–Crippen LogP) is 4.04. The Labute approximate surface area is 127 Å². The number of nitrogens with zero attached hydrogens (tertiary/aromatic N) is 1. The molecule has 0 saturated heterocycles. The molecule has 4 heteroatoms. The second-order valence-corrected chi connectivity index (χ2v) is 5.20. The van der Waals surface area contributed by atoms with Crippen LogP contribution in [0.5, 0.6) is 5.75 Å². The van der Waals surface area contributed by atoms with E-state index in [1.807, 2.05) is 22.8 Å². The lowest BCUT2D eigenvalue weighted by Gasteiger charge is -2.07. The second-order valence-electron chi connectivity index (χ2n) is 5.20. The maximum atomic E-state index is 13.9. The minimum atomic E-state index is -0.248. The predicted molar refractivity (Wildman–Crippen MR) is 84.0 cm³/mol. The van der Waals surface area contributed by atoms with Crippen LogP contribution in [0.1, 0.15) is 22.8 Å². The van der Waals surface area contributed by atoms with Crippen LogP contribution in [0, 0.1) is 5.82 Å². The van der Waals surface area contributed by atoms with Crippen LogP contribution in [0.3, 0.4) is 0 Å². The molecule has 0 aliphatic heterocycles. The van der Waals surface area contributed by atoms with Crippen molar-refractivity contribution in [1.29, 1.82) is 0 Å². The highest BCUT2D eigenvalue weighted by Crippen LogP contribution is 2.27. The molecule has 0 aliphatic rings. The lowest BCUT2D eigenvalue weighted by Crippen LogP contribution is -2.00. The van der Waals surface area contributed by atoms with Gasteiger partial charge in [0.25, 0.3) is 0 Å². The van der Waals surface area contributed by atoms with Crippen molar-refractivity contribution in [1.82, 2.24) is 4.57 Å². The Morgan fingerprint density at radius 1 is 1.23 bits per heavy atom. The number of fused-ring (bicyclic) bond motifs is 1. The first-order chi connectivity index (χ1) is 10.6. The van der Waals surface area contributed by atoms with Crippen molar-refractivity contribution in [3.8, 4) is 5.75 Å². The Bertz CT molecular complexity index is 851. The maximum Gasteiger partial charge on any atom is 0.161 e. The number of rotatable bonds is 4. The lowest BCUT2D eigenvalue weighted by molar-refractivity contribution is 0.101. The summed E-state index contributed by atoms with van der Waals surface area (Å²) in [5, 5.41) is 0.822. The second kappa shape index (κ2) is 5.64. The summed E-state index contributed by atoms with van der Waals surface area (Å²) >= 11 is 0. The van der Waals surface area contributed by atoms with Gasteiger partial charge in [0.1, 0.15) is 11.6 Å². The summed E-state index contributed by atoms with van der Waals surface area (Å²) < 4.78 is 21.0. The Kier molecular flexibility index (Phi) is 3.67. The zero-order chi connectivity index (χ0) is 15.7. The highest BCUT2D eigenvalue weighted by molar-refractivity contribution is 6.07. The van der Waals surface area contributed by atoms with Crippen LogP contribution in [0.4, 0.5) is 4.39 Å². The van der Waals surface area contributed by atoms with Gasteiger partial charge in [-0.1, -0.05) is 18.2 Å². The van der Waals surface area contributed by atoms with E-state index in [0.717, 1.165) is 10.9 Å². The van der Waals surface area contributed by atoms with E-state index in [4.69, 9.17) is 4.74 Å². The van der Waals surface area contributed by atoms with Crippen molar-refractivity contribution in [3.63, 3.8) is 0 Å². The molecule has 0 radical (unpaired) electrons. The summed E-state index contributed by atoms with van der Waals surface area (Å²) in [6, 6.07) is 12.2. The number of halogens is 1. The SMILES string of the molecule is COc1ccc2c(c1)c(C(C)=O)cn2Cc1ccccc1F. The molecule has 1 heterocycles. The molecule has 0 unspecified atom stereocenters. The standard InChI is InChI=1S/C18H16FNO2/c1-12(21)16-11-20(10-13-5-3-4-6-17(13)19)18-8-7-14(22-2)9-15(16)18/h3-9,11H,10H2,1-2H3. The average molecular weight is 297 g/mol. The molecule has 0 saturated carbocycles. The molecule has 2 aromatic carbocycles. The maximum absolute atomic E-state index is 13.9. The normalized spacial score (nSPS) is 10.9. The van der Waals surface area contributed by atoms with Gasteiger partial charge in [-0.05, 0) is 31.2 Å². The molecule has 0 N–H and O–H groups in total. The molecular weight excluding hydrogens is 281 g/mol. The summed E-state index contributed by atoms with van der Waals surface area (Å²) in [6.45, 7) is 1.91. The summed E-state index contributed by atoms with van der Waals surface area (Å²) in [4.78, 5) is 11.9. The quantitative estimate of drug-likeness (QED) is 0.681. The Hall–Kier alpha value is -2.62. The van der Waals surface area contributed by atoms with Gasteiger partial charge in [0.05, 0.1) is 13.7 Å². The third-order valence-corrected chi connectivity index (χ3v) is 3.77. The van der Waals surface area contributed by atoms with Crippen LogP contribution in [-0.4, -0.2) is 17.5 Å². The number of carbonyl (C=O) groups is 1. The highest BCUT2D eigenvalue weighted by atomic mass is 19.1. The molecule has 0 aliphatic carbocycles. The van der Waals surface area contributed by atoms with Gasteiger partial charge < -0.3 is 9.30 Å². The van der Waals surface area contributed by atoms with Gasteiger partial charge in [0.2, 0.25) is 0 Å². The van der Waals surface area contributed by atoms with Crippen LogP contribution in [0.25, 0.3) is 10.9 Å². The first-order valence-electron chi connectivity index (χ1n) is 7.01. The first kappa shape index (κ1) is 14.3. The zero-order valence-corrected chi connectivity index (χ0v) is 12.5. The zero-order valence-electron chi connectivity index (χ0n) is 12.5. The Morgan fingerprint density at radius 2 is 2.00 bits per heavy atom. The number of hydrogen-bond donors (Lipinski definition) is 0. The number of Topliss-reactive ketones (excluding diaryl/α,β-unsaturated/α-hetero) is 1. The Balaban J connectivity index is 2.14. The van der Waals surface area contributed by atoms with Gasteiger partial charge in [-0.15, -0.1) is 0 Å². The highest BCUT2D eigenvalue weighted by Gasteiger charge is 2.14. The third-order valence-electron chi connectivity index (χ3n) is 3.77. The number of ketones is 1. The van der Waals surface area contributed by atoms with E-state index >= 15 is 0 Å². The molecule has 0 bridgehead atoms. The minimum Gasteiger partial charge on any atom is -0.497 e. The van der Waals surface area contributed by atoms with Gasteiger partial charge in [-0.2, -0.15) is 0 Å². The van der Waals surface area contributed by atoms with E-state index in [1.165, 1.54) is 13.0 Å². The van der Waals surface area contributed by atoms with Crippen molar-refractivity contribution in [3.05, 3.63) is 65.6 Å². The monoisotopic (exact) mass is 297 g/mol. The van der Waals surface area contributed by atoms with E-state index in [1.54, 1.807) is 31.5 Å². The van der Waals surface area contributed by atoms with Crippen LogP contribution < -0.4 is 4.74 Å². The van der Waals surface area contributed by atoms with Crippen LogP contribution >= 0.6 is 0 Å². The lowest BCUT2D eigenvalue weighted by atomic mass is 10.1. The van der Waals surface area contributed by atoms with Crippen molar-refractivity contribution in [2.24, 2.45) is 0 Å². The molecule has 0 fully saturated rings. The molecular formula is C18H16FNO2. The summed E-state index contributed by atoms with van der Waals surface area (Å²) in [6.07, 6.45) is 1.78. The van der Waals surface area contributed by atoms with Gasteiger partial charge in [0, 0.05) is 28.2 Å². The number of benzene rings is 2. The molecule has 0 spiro atoms. The van der Waals surface area contributed by atoms with Crippen molar-refractivity contribution in [2.75, 3.05) is 7.11 Å². The van der Waals surface area contributed by atoms with E-state index < -0.39 is 0 Å². The number of methoxy groups -OCH3 is 1. The molecule has 3 nitrogen and oxygen atoms in total. The fourth-order valence-corrected chi connectivity index (χ4v) is 2.62. The van der Waals surface area contributed by atoms with E-state index in [-0.39, 0.29) is 11.6 Å². The van der Waals surface area contributed by atoms with E-state index in [2.05, 4.69) is 0 Å². The third kappa shape index (κ3) is 2.48. The smallest absolute Gasteiger partial charge is 0.161 e. The van der Waals surface area contributed by atoms with Gasteiger partial charge in [-0.3, -0.25) is 4.79 Å². The number of hydrogen-bond acceptors (Lipinski definition) is 2. The van der Waals surface area contributed by atoms with E-state index in [9.17, 15) is 9.18 Å². The van der Waals surface area contributed by atoms with Gasteiger partial charge >= 0.3 is 0 Å². The van der Waals surface area contributed by atoms with Crippen LogP contribution in [-0.2, 0) is 6.54 Å². The molecule has 22 heavy (non-hydrogen) atoms. The number of aromatic nitrogens is 1. The Morgan fingerprint density at radius 3 is 2.68 bits per heavy atom. The fraction of sp³-hybridized carbons (Fsp3) is 0.167. The number of ether oxygens (including phenoxy) is 1. The van der Waals surface area contributed by atoms with Crippen molar-refractivity contribution in [2.45, 2.75) is 13.5 Å². The van der Waals surface area contributed by atoms with Crippen LogP contribution in [0.15, 0.2) is 48.7 Å². The van der Waals surface area contributed by atoms with Crippen LogP contribution in [0.2, 0.25) is 0 Å². The minimum absolute atomic E-state index is 0.0227. The molecule has 3 rings (SSSR count). The van der Waals surface area contributed by atoms with Gasteiger partial charge in [-0.25, -0.2) is 4.39 Å². The van der Waals surface area contributed by atoms with Crippen molar-refractivity contribution < 1.29 is 13.9 Å². The molecule has 0 atom stereocenters. The fourth-order valence-electron chi connectivity index (χ4n) is 2.62. The molecule has 1 aromatic heterocycles. The van der Waals surface area contributed by atoms with E-state index in [0.29, 0.717) is 23.4 Å². The van der Waals surface area contributed by atoms with Crippen molar-refractivity contribution >= 4 is 16.7 Å². The molecule has 112 valence electrons. The average Bonchev–Trinajstić information content (AvgIpc) is 2.87. The topological polar surface area (TPSA) is 31.2 Å². The summed E-state index contributed by atoms with van der Waals surface area (Å²) in [7, 11) is 1.59. The molecule has 0 amide bonds. The largest absolute Gasteiger partial charge is 0.497 e. The number of carbonyl (C=O) groups excluding carboxylic acids is 1.